The van der Waals surface area contributed by atoms with Gasteiger partial charge in [0.05, 0.1) is 18.4 Å². The van der Waals surface area contributed by atoms with Crippen molar-refractivity contribution < 1.29 is 19.4 Å². The maximum atomic E-state index is 13.0. The minimum absolute atomic E-state index is 0.0579. The van der Waals surface area contributed by atoms with E-state index in [4.69, 9.17) is 10.5 Å². The molecule has 4 rings (SSSR count). The summed E-state index contributed by atoms with van der Waals surface area (Å²) in [4.78, 5) is 26.1. The van der Waals surface area contributed by atoms with Crippen molar-refractivity contribution in [2.45, 2.75) is 63.3 Å². The van der Waals surface area contributed by atoms with Crippen LogP contribution in [0.3, 0.4) is 0 Å². The maximum Gasteiger partial charge on any atom is 0.304 e. The Morgan fingerprint density at radius 2 is 1.74 bits per heavy atom. The van der Waals surface area contributed by atoms with Gasteiger partial charge in [-0.05, 0) is 86.6 Å². The van der Waals surface area contributed by atoms with Crippen LogP contribution in [0.15, 0.2) is 54.6 Å². The molecule has 0 bridgehead atoms. The van der Waals surface area contributed by atoms with E-state index < -0.39 is 11.9 Å². The van der Waals surface area contributed by atoms with Gasteiger partial charge in [-0.1, -0.05) is 42.5 Å². The molecule has 1 aliphatic carbocycles. The van der Waals surface area contributed by atoms with E-state index in [0.717, 1.165) is 25.1 Å². The van der Waals surface area contributed by atoms with E-state index in [1.165, 1.54) is 36.8 Å². The molecule has 1 saturated carbocycles. The van der Waals surface area contributed by atoms with E-state index >= 15 is 0 Å². The monoisotopic (exact) mass is 478 g/mol. The number of carboxylic acid groups (broad SMARTS) is 1. The normalized spacial score (nSPS) is 24.5. The van der Waals surface area contributed by atoms with Gasteiger partial charge in [0.1, 0.15) is 12.4 Å². The molecule has 188 valence electrons. The number of hydrogen-bond donors (Lipinski definition) is 2. The molecule has 2 aromatic carbocycles. The lowest BCUT2D eigenvalue weighted by Crippen LogP contribution is -2.38. The number of amides is 1. The number of carbonyl (C=O) groups excluding carboxylic acids is 1. The van der Waals surface area contributed by atoms with Crippen LogP contribution in [-0.4, -0.2) is 47.6 Å². The topological polar surface area (TPSA) is 92.9 Å². The van der Waals surface area contributed by atoms with Gasteiger partial charge in [0.2, 0.25) is 5.91 Å². The molecule has 1 amide bonds. The summed E-state index contributed by atoms with van der Waals surface area (Å²) in [6.45, 7) is 1.79. The molecular formula is C29H38N2O4. The maximum absolute atomic E-state index is 13.0. The minimum atomic E-state index is -0.926. The highest BCUT2D eigenvalue weighted by molar-refractivity contribution is 5.85. The molecule has 35 heavy (non-hydrogen) atoms. The molecule has 3 N–H and O–H groups in total. The van der Waals surface area contributed by atoms with Crippen LogP contribution in [0.25, 0.3) is 0 Å². The van der Waals surface area contributed by atoms with Crippen molar-refractivity contribution in [1.82, 2.24) is 4.90 Å². The van der Waals surface area contributed by atoms with E-state index in [9.17, 15) is 14.7 Å². The zero-order valence-corrected chi connectivity index (χ0v) is 20.5. The molecule has 0 unspecified atom stereocenters. The smallest absolute Gasteiger partial charge is 0.304 e. The zero-order valence-electron chi connectivity index (χ0n) is 20.5. The predicted molar refractivity (Wildman–Crippen MR) is 136 cm³/mol. The summed E-state index contributed by atoms with van der Waals surface area (Å²) in [7, 11) is 0. The Bertz CT molecular complexity index is 954. The number of nitrogens with two attached hydrogens (primary N) is 1. The van der Waals surface area contributed by atoms with Crippen molar-refractivity contribution in [3.05, 3.63) is 65.7 Å². The number of hydrogen-bond acceptors (Lipinski definition) is 4. The number of likely N-dealkylation sites (tertiary alicyclic amines) is 1. The van der Waals surface area contributed by atoms with Gasteiger partial charge in [0.15, 0.2) is 0 Å². The Morgan fingerprint density at radius 1 is 1.03 bits per heavy atom. The van der Waals surface area contributed by atoms with Gasteiger partial charge in [-0.15, -0.1) is 0 Å². The van der Waals surface area contributed by atoms with Crippen LogP contribution in [0.4, 0.5) is 0 Å². The fourth-order valence-corrected chi connectivity index (χ4v) is 5.66. The highest BCUT2D eigenvalue weighted by Gasteiger charge is 2.40. The van der Waals surface area contributed by atoms with E-state index in [-0.39, 0.29) is 18.4 Å². The lowest BCUT2D eigenvalue weighted by molar-refractivity contribution is -0.142. The molecule has 2 fully saturated rings. The van der Waals surface area contributed by atoms with Crippen LogP contribution < -0.4 is 10.5 Å². The lowest BCUT2D eigenvalue weighted by Gasteiger charge is -2.28. The van der Waals surface area contributed by atoms with Gasteiger partial charge in [-0.2, -0.15) is 0 Å². The summed E-state index contributed by atoms with van der Waals surface area (Å²) in [5, 5.41) is 9.25. The van der Waals surface area contributed by atoms with Crippen LogP contribution in [-0.2, 0) is 16.0 Å². The van der Waals surface area contributed by atoms with Gasteiger partial charge in [-0.3, -0.25) is 9.59 Å². The summed E-state index contributed by atoms with van der Waals surface area (Å²) in [5.74, 6) is 0.606. The molecule has 2 aromatic rings. The molecule has 2 atom stereocenters. The van der Waals surface area contributed by atoms with Gasteiger partial charge < -0.3 is 20.5 Å². The summed E-state index contributed by atoms with van der Waals surface area (Å²) in [6, 6.07) is 18.5. The zero-order chi connectivity index (χ0) is 24.6. The first-order valence-electron chi connectivity index (χ1n) is 13.0. The quantitative estimate of drug-likeness (QED) is 0.492. The SMILES string of the molecule is NCC1CCC(c2ccc(OC[C@@H]3C[C@@H](CC(=O)O)C(=O)N3CCCc3ccccc3)cc2)CC1. The highest BCUT2D eigenvalue weighted by Crippen LogP contribution is 2.36. The van der Waals surface area contributed by atoms with Gasteiger partial charge in [-0.25, -0.2) is 0 Å². The van der Waals surface area contributed by atoms with E-state index in [0.29, 0.717) is 31.4 Å². The first kappa shape index (κ1) is 25.2. The number of aryl methyl sites for hydroxylation is 1. The van der Waals surface area contributed by atoms with Crippen molar-refractivity contribution in [1.29, 1.82) is 0 Å². The van der Waals surface area contributed by atoms with E-state index in [1.54, 1.807) is 0 Å². The van der Waals surface area contributed by atoms with Crippen molar-refractivity contribution in [3.8, 4) is 5.75 Å². The van der Waals surface area contributed by atoms with Crippen LogP contribution in [0.2, 0.25) is 0 Å². The van der Waals surface area contributed by atoms with Gasteiger partial charge >= 0.3 is 5.97 Å². The number of nitrogens with zero attached hydrogens (tertiary/aromatic N) is 1. The number of carboxylic acids is 1. The number of benzene rings is 2. The largest absolute Gasteiger partial charge is 0.491 e. The second-order valence-electron chi connectivity index (χ2n) is 10.1. The molecule has 0 aromatic heterocycles. The van der Waals surface area contributed by atoms with Crippen molar-refractivity contribution in [2.24, 2.45) is 17.6 Å². The fraction of sp³-hybridized carbons (Fsp3) is 0.517. The average Bonchev–Trinajstić information content (AvgIpc) is 3.17. The molecule has 1 aliphatic heterocycles. The molecule has 2 aliphatic rings. The number of ether oxygens (including phenoxy) is 1. The number of aliphatic carboxylic acids is 1. The Labute approximate surface area is 208 Å². The third-order valence-corrected chi connectivity index (χ3v) is 7.73. The summed E-state index contributed by atoms with van der Waals surface area (Å²) in [6.07, 6.45) is 6.91. The summed E-state index contributed by atoms with van der Waals surface area (Å²) < 4.78 is 6.11. The molecule has 0 spiro atoms. The third kappa shape index (κ3) is 6.85. The average molecular weight is 479 g/mol. The molecular weight excluding hydrogens is 440 g/mol. The Balaban J connectivity index is 1.32. The van der Waals surface area contributed by atoms with Crippen LogP contribution >= 0.6 is 0 Å². The highest BCUT2D eigenvalue weighted by atomic mass is 16.5. The molecule has 6 heteroatoms. The fourth-order valence-electron chi connectivity index (χ4n) is 5.66. The molecule has 1 saturated heterocycles. The first-order valence-corrected chi connectivity index (χ1v) is 13.0. The Hall–Kier alpha value is -2.86. The summed E-state index contributed by atoms with van der Waals surface area (Å²) in [5.41, 5.74) is 8.42. The Kier molecular flexibility index (Phi) is 8.80. The van der Waals surface area contributed by atoms with Gasteiger partial charge in [0, 0.05) is 6.54 Å². The Morgan fingerprint density at radius 3 is 2.40 bits per heavy atom. The molecule has 1 heterocycles. The third-order valence-electron chi connectivity index (χ3n) is 7.73. The van der Waals surface area contributed by atoms with Crippen molar-refractivity contribution in [2.75, 3.05) is 19.7 Å². The van der Waals surface area contributed by atoms with Gasteiger partial charge in [0.25, 0.3) is 0 Å². The summed E-state index contributed by atoms with van der Waals surface area (Å²) >= 11 is 0. The predicted octanol–water partition coefficient (Wildman–Crippen LogP) is 4.62. The van der Waals surface area contributed by atoms with Crippen LogP contribution in [0.1, 0.15) is 62.0 Å². The first-order chi connectivity index (χ1) is 17.0. The lowest BCUT2D eigenvalue weighted by atomic mass is 9.79. The van der Waals surface area contributed by atoms with Crippen molar-refractivity contribution in [3.63, 3.8) is 0 Å². The van der Waals surface area contributed by atoms with E-state index in [2.05, 4.69) is 24.3 Å². The van der Waals surface area contributed by atoms with E-state index in [1.807, 2.05) is 35.2 Å². The number of carbonyl (C=O) groups is 2. The van der Waals surface area contributed by atoms with Crippen molar-refractivity contribution >= 4 is 11.9 Å². The molecule has 6 nitrogen and oxygen atoms in total. The number of rotatable bonds is 11. The van der Waals surface area contributed by atoms with Crippen LogP contribution in [0, 0.1) is 11.8 Å². The standard InChI is InChI=1S/C29H38N2O4/c30-19-22-8-10-23(11-9-22)24-12-14-27(15-13-24)35-20-26-17-25(18-28(32)33)29(34)31(26)16-4-7-21-5-2-1-3-6-21/h1-3,5-6,12-15,22-23,25-26H,4,7-11,16-20,30H2,(H,32,33)/t22?,23?,25-,26-/m0/s1. The minimum Gasteiger partial charge on any atom is -0.491 e. The molecule has 0 radical (unpaired) electrons. The second kappa shape index (κ2) is 12.2. The second-order valence-corrected chi connectivity index (χ2v) is 10.1. The van der Waals surface area contributed by atoms with Crippen LogP contribution in [0.5, 0.6) is 5.75 Å².